The monoisotopic (exact) mass is 245 g/mol. The Labute approximate surface area is 110 Å². The summed E-state index contributed by atoms with van der Waals surface area (Å²) in [5, 5.41) is 7.21. The topological polar surface area (TPSA) is 53.1 Å². The molecule has 98 valence electrons. The van der Waals surface area contributed by atoms with E-state index in [1.54, 1.807) is 0 Å². The summed E-state index contributed by atoms with van der Waals surface area (Å²) < 4.78 is 0. The fourth-order valence-corrected chi connectivity index (χ4v) is 2.22. The first-order chi connectivity index (χ1) is 8.70. The Hall–Kier alpha value is -1.61. The molecule has 1 aliphatic rings. The lowest BCUT2D eigenvalue weighted by molar-refractivity contribution is 0.470. The standard InChI is InChI=1S/C14H18N2.CH5N/c1-11-3-4-14(12(2)9-11)13-5-7-16(10-15)8-6-13;1-2/h3-5,9-10,15H,6-8H2,1-2H3;2H2,1H3. The van der Waals surface area contributed by atoms with Gasteiger partial charge in [-0.1, -0.05) is 29.8 Å². The molecule has 3 nitrogen and oxygen atoms in total. The average Bonchev–Trinajstić information content (AvgIpc) is 2.41. The summed E-state index contributed by atoms with van der Waals surface area (Å²) >= 11 is 0. The van der Waals surface area contributed by atoms with E-state index in [4.69, 9.17) is 5.41 Å². The highest BCUT2D eigenvalue weighted by Crippen LogP contribution is 2.25. The van der Waals surface area contributed by atoms with Crippen LogP contribution in [0, 0.1) is 19.3 Å². The highest BCUT2D eigenvalue weighted by molar-refractivity contribution is 5.70. The van der Waals surface area contributed by atoms with Crippen LogP contribution in [0.1, 0.15) is 23.1 Å². The summed E-state index contributed by atoms with van der Waals surface area (Å²) in [6, 6.07) is 6.63. The van der Waals surface area contributed by atoms with Crippen LogP contribution in [0.3, 0.4) is 0 Å². The molecule has 1 aliphatic heterocycles. The van der Waals surface area contributed by atoms with E-state index in [1.165, 1.54) is 35.6 Å². The first-order valence-electron chi connectivity index (χ1n) is 6.30. The number of hydrogen-bond acceptors (Lipinski definition) is 2. The highest BCUT2D eigenvalue weighted by atomic mass is 15.1. The molecule has 0 saturated carbocycles. The third kappa shape index (κ3) is 3.44. The number of benzene rings is 1. The molecule has 1 aromatic rings. The number of aryl methyl sites for hydroxylation is 2. The minimum Gasteiger partial charge on any atom is -0.359 e. The van der Waals surface area contributed by atoms with E-state index in [-0.39, 0.29) is 0 Å². The van der Waals surface area contributed by atoms with Gasteiger partial charge < -0.3 is 10.6 Å². The molecule has 0 bridgehead atoms. The molecule has 0 unspecified atom stereocenters. The summed E-state index contributed by atoms with van der Waals surface area (Å²) in [4.78, 5) is 2.02. The van der Waals surface area contributed by atoms with Crippen LogP contribution in [0.5, 0.6) is 0 Å². The maximum Gasteiger partial charge on any atom is 0.0820 e. The van der Waals surface area contributed by atoms with Gasteiger partial charge in [0.2, 0.25) is 0 Å². The van der Waals surface area contributed by atoms with Crippen molar-refractivity contribution in [3.8, 4) is 0 Å². The first kappa shape index (κ1) is 14.5. The molecule has 0 aromatic heterocycles. The summed E-state index contributed by atoms with van der Waals surface area (Å²) in [6.45, 7) is 6.13. The Bertz CT molecular complexity index is 435. The molecule has 3 heteroatoms. The molecular formula is C15H23N3. The molecular weight excluding hydrogens is 222 g/mol. The third-order valence-corrected chi connectivity index (χ3v) is 3.15. The van der Waals surface area contributed by atoms with Gasteiger partial charge in [0.1, 0.15) is 0 Å². The van der Waals surface area contributed by atoms with Gasteiger partial charge in [-0.05, 0) is 44.0 Å². The van der Waals surface area contributed by atoms with Crippen LogP contribution >= 0.6 is 0 Å². The van der Waals surface area contributed by atoms with Gasteiger partial charge in [-0.25, -0.2) is 0 Å². The lowest BCUT2D eigenvalue weighted by atomic mass is 9.94. The van der Waals surface area contributed by atoms with Gasteiger partial charge in [0, 0.05) is 13.1 Å². The van der Waals surface area contributed by atoms with Gasteiger partial charge in [0.05, 0.1) is 6.34 Å². The normalized spacial score (nSPS) is 14.4. The van der Waals surface area contributed by atoms with E-state index < -0.39 is 0 Å². The second-order valence-corrected chi connectivity index (χ2v) is 4.42. The molecule has 1 aromatic carbocycles. The largest absolute Gasteiger partial charge is 0.359 e. The number of nitrogens with zero attached hydrogens (tertiary/aromatic N) is 1. The Morgan fingerprint density at radius 1 is 1.28 bits per heavy atom. The van der Waals surface area contributed by atoms with Crippen molar-refractivity contribution < 1.29 is 0 Å². The Morgan fingerprint density at radius 3 is 2.50 bits per heavy atom. The van der Waals surface area contributed by atoms with E-state index >= 15 is 0 Å². The number of rotatable bonds is 2. The van der Waals surface area contributed by atoms with Gasteiger partial charge in [-0.3, -0.25) is 5.41 Å². The number of hydrogen-bond donors (Lipinski definition) is 2. The molecule has 0 fully saturated rings. The first-order valence-corrected chi connectivity index (χ1v) is 6.30. The Balaban J connectivity index is 0.000000771. The molecule has 1 heterocycles. The minimum absolute atomic E-state index is 0.867. The van der Waals surface area contributed by atoms with E-state index in [2.05, 4.69) is 43.9 Å². The van der Waals surface area contributed by atoms with E-state index in [0.29, 0.717) is 0 Å². The highest BCUT2D eigenvalue weighted by Gasteiger charge is 2.11. The van der Waals surface area contributed by atoms with E-state index in [0.717, 1.165) is 19.5 Å². The molecule has 0 spiro atoms. The molecule has 0 saturated heterocycles. The SMILES string of the molecule is CN.Cc1ccc(C2=CCN(C=N)CC2)c(C)c1. The molecule has 0 radical (unpaired) electrons. The summed E-state index contributed by atoms with van der Waals surface area (Å²) in [6.07, 6.45) is 4.71. The van der Waals surface area contributed by atoms with Crippen molar-refractivity contribution in [3.05, 3.63) is 41.0 Å². The maximum atomic E-state index is 7.21. The quantitative estimate of drug-likeness (QED) is 0.621. The Kier molecular flexibility index (Phi) is 5.59. The predicted molar refractivity (Wildman–Crippen MR) is 79.0 cm³/mol. The smallest absolute Gasteiger partial charge is 0.0820 e. The van der Waals surface area contributed by atoms with Crippen LogP contribution in [-0.2, 0) is 0 Å². The summed E-state index contributed by atoms with van der Waals surface area (Å²) in [5.74, 6) is 0. The predicted octanol–water partition coefficient (Wildman–Crippen LogP) is 2.57. The van der Waals surface area contributed by atoms with Crippen LogP contribution < -0.4 is 5.73 Å². The van der Waals surface area contributed by atoms with Gasteiger partial charge in [0.25, 0.3) is 0 Å². The lowest BCUT2D eigenvalue weighted by Crippen LogP contribution is -2.26. The van der Waals surface area contributed by atoms with Crippen molar-refractivity contribution in [1.82, 2.24) is 4.90 Å². The number of nitrogens with one attached hydrogen (secondary N) is 1. The summed E-state index contributed by atoms with van der Waals surface area (Å²) in [7, 11) is 1.50. The minimum atomic E-state index is 0.867. The van der Waals surface area contributed by atoms with E-state index in [9.17, 15) is 0 Å². The number of nitrogens with two attached hydrogens (primary N) is 1. The van der Waals surface area contributed by atoms with Crippen molar-refractivity contribution in [2.45, 2.75) is 20.3 Å². The van der Waals surface area contributed by atoms with Crippen molar-refractivity contribution in [2.75, 3.05) is 20.1 Å². The zero-order valence-corrected chi connectivity index (χ0v) is 11.5. The second-order valence-electron chi connectivity index (χ2n) is 4.42. The zero-order valence-electron chi connectivity index (χ0n) is 11.5. The van der Waals surface area contributed by atoms with E-state index in [1.807, 2.05) is 4.90 Å². The fourth-order valence-electron chi connectivity index (χ4n) is 2.22. The third-order valence-electron chi connectivity index (χ3n) is 3.15. The van der Waals surface area contributed by atoms with Crippen molar-refractivity contribution in [2.24, 2.45) is 5.73 Å². The summed E-state index contributed by atoms with van der Waals surface area (Å²) in [5.41, 5.74) is 9.97. The molecule has 3 N–H and O–H groups in total. The Morgan fingerprint density at radius 2 is 2.00 bits per heavy atom. The van der Waals surface area contributed by atoms with Crippen molar-refractivity contribution in [3.63, 3.8) is 0 Å². The van der Waals surface area contributed by atoms with Crippen LogP contribution in [0.2, 0.25) is 0 Å². The van der Waals surface area contributed by atoms with Crippen molar-refractivity contribution in [1.29, 1.82) is 5.41 Å². The molecule has 18 heavy (non-hydrogen) atoms. The second kappa shape index (κ2) is 6.97. The fraction of sp³-hybridized carbons (Fsp3) is 0.400. The van der Waals surface area contributed by atoms with Crippen LogP contribution in [0.15, 0.2) is 24.3 Å². The van der Waals surface area contributed by atoms with Crippen LogP contribution in [0.25, 0.3) is 5.57 Å². The van der Waals surface area contributed by atoms with Crippen LogP contribution in [0.4, 0.5) is 0 Å². The molecule has 0 aliphatic carbocycles. The molecule has 0 atom stereocenters. The zero-order chi connectivity index (χ0) is 13.5. The van der Waals surface area contributed by atoms with Gasteiger partial charge >= 0.3 is 0 Å². The van der Waals surface area contributed by atoms with Gasteiger partial charge in [-0.15, -0.1) is 0 Å². The lowest BCUT2D eigenvalue weighted by Gasteiger charge is -2.24. The van der Waals surface area contributed by atoms with Crippen LogP contribution in [-0.4, -0.2) is 31.4 Å². The molecule has 0 amide bonds. The average molecular weight is 245 g/mol. The molecule has 2 rings (SSSR count). The van der Waals surface area contributed by atoms with Gasteiger partial charge in [0.15, 0.2) is 0 Å². The van der Waals surface area contributed by atoms with Crippen molar-refractivity contribution >= 4 is 11.9 Å². The van der Waals surface area contributed by atoms with Gasteiger partial charge in [-0.2, -0.15) is 0 Å². The maximum absolute atomic E-state index is 7.21.